The third-order valence-corrected chi connectivity index (χ3v) is 6.12. The van der Waals surface area contributed by atoms with Gasteiger partial charge in [-0.3, -0.25) is 14.9 Å². The molecule has 2 amide bonds. The van der Waals surface area contributed by atoms with E-state index in [-0.39, 0.29) is 33.6 Å². The highest BCUT2D eigenvalue weighted by Crippen LogP contribution is 2.28. The first-order chi connectivity index (χ1) is 17.9. The van der Waals surface area contributed by atoms with E-state index < -0.39 is 24.6 Å². The van der Waals surface area contributed by atoms with Crippen LogP contribution in [0.5, 0.6) is 5.88 Å². The molecule has 38 heavy (non-hydrogen) atoms. The number of halogens is 5. The van der Waals surface area contributed by atoms with Gasteiger partial charge in [0.25, 0.3) is 11.8 Å². The molecule has 0 atom stereocenters. The summed E-state index contributed by atoms with van der Waals surface area (Å²) in [4.78, 5) is 30.0. The van der Waals surface area contributed by atoms with Crippen LogP contribution in [0.1, 0.15) is 39.3 Å². The molecular weight excluding hydrogens is 613 g/mol. The van der Waals surface area contributed by atoms with Crippen molar-refractivity contribution in [3.63, 3.8) is 0 Å². The first kappa shape index (κ1) is 27.8. The first-order valence-electron chi connectivity index (χ1n) is 11.0. The van der Waals surface area contributed by atoms with Gasteiger partial charge in [0, 0.05) is 22.8 Å². The lowest BCUT2D eigenvalue weighted by atomic mass is 10.1. The Bertz CT molecular complexity index is 1410. The molecule has 3 N–H and O–H groups in total. The molecule has 3 aromatic rings. The summed E-state index contributed by atoms with van der Waals surface area (Å²) in [6.07, 6.45) is -1.44. The fourth-order valence-electron chi connectivity index (χ4n) is 3.33. The van der Waals surface area contributed by atoms with E-state index in [1.165, 1.54) is 18.3 Å². The third kappa shape index (κ3) is 6.99. The number of thiocarbonyl (C=S) groups is 1. The van der Waals surface area contributed by atoms with Gasteiger partial charge in [-0.2, -0.15) is 13.2 Å². The summed E-state index contributed by atoms with van der Waals surface area (Å²) in [5.41, 5.74) is 1.12. The number of nitrogens with one attached hydrogen (secondary N) is 3. The number of carbonyl (C=O) groups is 2. The first-order valence-corrected chi connectivity index (χ1v) is 12.6. The molecular formula is C23H19BrClF3N6O3S. The van der Waals surface area contributed by atoms with Crippen molar-refractivity contribution in [2.24, 2.45) is 0 Å². The summed E-state index contributed by atoms with van der Waals surface area (Å²) in [5.74, 6) is -1.63. The molecule has 1 aromatic carbocycles. The van der Waals surface area contributed by atoms with Crippen LogP contribution >= 0.6 is 39.7 Å². The van der Waals surface area contributed by atoms with Crippen molar-refractivity contribution < 1.29 is 27.5 Å². The van der Waals surface area contributed by atoms with Crippen molar-refractivity contribution in [2.75, 3.05) is 11.9 Å². The maximum Gasteiger partial charge on any atom is 0.422 e. The lowest BCUT2D eigenvalue weighted by Gasteiger charge is -2.17. The number of alkyl halides is 3. The van der Waals surface area contributed by atoms with Gasteiger partial charge in [-0.25, -0.2) is 9.67 Å². The fourth-order valence-corrected chi connectivity index (χ4v) is 4.30. The molecule has 0 aliphatic heterocycles. The summed E-state index contributed by atoms with van der Waals surface area (Å²) < 4.78 is 44.3. The molecule has 2 aromatic heterocycles. The summed E-state index contributed by atoms with van der Waals surface area (Å²) in [7, 11) is 0. The average molecular weight is 632 g/mol. The minimum atomic E-state index is -4.62. The Labute approximate surface area is 233 Å². The zero-order valence-electron chi connectivity index (χ0n) is 19.5. The van der Waals surface area contributed by atoms with E-state index in [0.29, 0.717) is 21.3 Å². The number of aryl methyl sites for hydroxylation is 1. The minimum absolute atomic E-state index is 0.0113. The molecule has 9 nitrogen and oxygen atoms in total. The van der Waals surface area contributed by atoms with Crippen molar-refractivity contribution >= 4 is 62.4 Å². The Morgan fingerprint density at radius 1 is 1.26 bits per heavy atom. The molecule has 0 spiro atoms. The summed E-state index contributed by atoms with van der Waals surface area (Å²) >= 11 is 14.9. The van der Waals surface area contributed by atoms with Gasteiger partial charge in [0.05, 0.1) is 16.3 Å². The largest absolute Gasteiger partial charge is 0.467 e. The van der Waals surface area contributed by atoms with E-state index in [0.717, 1.165) is 23.6 Å². The number of anilines is 1. The summed E-state index contributed by atoms with van der Waals surface area (Å²) in [6.45, 7) is 0.142. The number of ether oxygens (including phenoxy) is 1. The number of aromatic nitrogens is 3. The fraction of sp³-hybridized carbons (Fsp3) is 0.261. The monoisotopic (exact) mass is 630 g/mol. The van der Waals surface area contributed by atoms with E-state index in [1.807, 2.05) is 0 Å². The van der Waals surface area contributed by atoms with Gasteiger partial charge in [0.1, 0.15) is 5.69 Å². The maximum atomic E-state index is 13.1. The van der Waals surface area contributed by atoms with Crippen LogP contribution in [0.3, 0.4) is 0 Å². The molecule has 15 heteroatoms. The van der Waals surface area contributed by atoms with E-state index in [2.05, 4.69) is 42.0 Å². The summed E-state index contributed by atoms with van der Waals surface area (Å²) in [6, 6.07) is 7.53. The Kier molecular flexibility index (Phi) is 8.23. The van der Waals surface area contributed by atoms with E-state index in [4.69, 9.17) is 28.6 Å². The normalized spacial score (nSPS) is 13.1. The number of pyridine rings is 1. The van der Waals surface area contributed by atoms with Crippen molar-refractivity contribution in [1.29, 1.82) is 0 Å². The third-order valence-electron chi connectivity index (χ3n) is 5.17. The van der Waals surface area contributed by atoms with Crippen LogP contribution in [0, 0.1) is 6.92 Å². The van der Waals surface area contributed by atoms with Gasteiger partial charge in [-0.05, 0) is 61.8 Å². The second-order valence-electron chi connectivity index (χ2n) is 8.29. The second-order valence-corrected chi connectivity index (χ2v) is 10.0. The number of benzene rings is 1. The molecule has 0 bridgehead atoms. The molecule has 2 heterocycles. The maximum absolute atomic E-state index is 13.1. The van der Waals surface area contributed by atoms with Crippen molar-refractivity contribution in [3.05, 3.63) is 62.8 Å². The van der Waals surface area contributed by atoms with Crippen molar-refractivity contribution in [3.8, 4) is 11.7 Å². The smallest absolute Gasteiger partial charge is 0.422 e. The Morgan fingerprint density at radius 2 is 2.00 bits per heavy atom. The predicted molar refractivity (Wildman–Crippen MR) is 141 cm³/mol. The van der Waals surface area contributed by atoms with E-state index in [1.54, 1.807) is 19.1 Å². The number of hydrogen-bond donors (Lipinski definition) is 3. The van der Waals surface area contributed by atoms with Gasteiger partial charge in [-0.15, -0.1) is 5.10 Å². The van der Waals surface area contributed by atoms with E-state index >= 15 is 0 Å². The molecule has 200 valence electrons. The lowest BCUT2D eigenvalue weighted by molar-refractivity contribution is -0.154. The van der Waals surface area contributed by atoms with Gasteiger partial charge >= 0.3 is 6.18 Å². The summed E-state index contributed by atoms with van der Waals surface area (Å²) in [5, 5.41) is 12.1. The number of hydrogen-bond acceptors (Lipinski definition) is 6. The number of amides is 2. The number of rotatable bonds is 7. The average Bonchev–Trinajstić information content (AvgIpc) is 3.54. The highest BCUT2D eigenvalue weighted by Gasteiger charge is 2.30. The molecule has 1 aliphatic carbocycles. The van der Waals surface area contributed by atoms with Crippen molar-refractivity contribution in [1.82, 2.24) is 25.4 Å². The molecule has 1 saturated carbocycles. The van der Waals surface area contributed by atoms with Crippen LogP contribution in [-0.4, -0.2) is 50.5 Å². The molecule has 0 unspecified atom stereocenters. The zero-order chi connectivity index (χ0) is 27.6. The van der Waals surface area contributed by atoms with E-state index in [9.17, 15) is 22.8 Å². The van der Waals surface area contributed by atoms with Crippen LogP contribution in [0.25, 0.3) is 5.82 Å². The second kappa shape index (κ2) is 11.3. The van der Waals surface area contributed by atoms with Crippen LogP contribution in [0.4, 0.5) is 18.9 Å². The minimum Gasteiger partial charge on any atom is -0.467 e. The highest BCUT2D eigenvalue weighted by molar-refractivity contribution is 9.10. The van der Waals surface area contributed by atoms with Gasteiger partial charge in [-0.1, -0.05) is 27.5 Å². The highest BCUT2D eigenvalue weighted by atomic mass is 79.9. The van der Waals surface area contributed by atoms with Crippen LogP contribution in [-0.2, 0) is 0 Å². The lowest BCUT2D eigenvalue weighted by Crippen LogP contribution is -2.36. The zero-order valence-corrected chi connectivity index (χ0v) is 22.7. The van der Waals surface area contributed by atoms with Gasteiger partial charge in [0.2, 0.25) is 5.88 Å². The number of carbonyl (C=O) groups excluding carboxylic acids is 2. The molecule has 4 rings (SSSR count). The SMILES string of the molecule is Cc1cc(Br)cc(C(=O)NC2CC2)c1NC(=S)NC(=O)c1cc(OCC(F)(F)F)nn1-c1ncccc1Cl. The van der Waals surface area contributed by atoms with Crippen LogP contribution < -0.4 is 20.7 Å². The van der Waals surface area contributed by atoms with Crippen LogP contribution in [0.2, 0.25) is 5.02 Å². The van der Waals surface area contributed by atoms with Gasteiger partial charge < -0.3 is 15.4 Å². The molecule has 1 fully saturated rings. The molecule has 1 aliphatic rings. The van der Waals surface area contributed by atoms with Crippen molar-refractivity contribution in [2.45, 2.75) is 32.0 Å². The quantitative estimate of drug-likeness (QED) is 0.317. The van der Waals surface area contributed by atoms with Crippen LogP contribution in [0.15, 0.2) is 41.0 Å². The predicted octanol–water partition coefficient (Wildman–Crippen LogP) is 4.95. The Morgan fingerprint density at radius 3 is 2.66 bits per heavy atom. The number of nitrogens with zero attached hydrogens (tertiary/aromatic N) is 3. The standard InChI is InChI=1S/C23H19BrClF3N6O3S/c1-11-7-12(24)8-14(20(35)30-13-4-5-13)18(11)31-22(38)32-21(36)16-9-17(37-10-23(26,27)28)33-34(16)19-15(25)3-2-6-29-19/h2-3,6-9,13H,4-5,10H2,1H3,(H,30,35)(H2,31,32,36,38). The topological polar surface area (TPSA) is 110 Å². The van der Waals surface area contributed by atoms with Gasteiger partial charge in [0.15, 0.2) is 17.5 Å². The Balaban J connectivity index is 1.58. The molecule has 0 radical (unpaired) electrons. The molecule has 0 saturated heterocycles. The Hall–Kier alpha value is -3.23.